The predicted molar refractivity (Wildman–Crippen MR) is 54.9 cm³/mol. The van der Waals surface area contributed by atoms with Crippen LogP contribution in [0.2, 0.25) is 5.15 Å². The van der Waals surface area contributed by atoms with Crippen molar-refractivity contribution in [1.29, 1.82) is 0 Å². The number of halogens is 1. The standard InChI is InChI=1S/C9H12ClN3O2/c1-12-2-3-13-7(5-12)11-6(9(13)10)4-8(14)15/h2-5H2,1H3,(H,14,15). The number of nitrogens with zero attached hydrogens (tertiary/aromatic N) is 3. The summed E-state index contributed by atoms with van der Waals surface area (Å²) in [5.74, 6) is -0.0503. The fourth-order valence-corrected chi connectivity index (χ4v) is 2.02. The van der Waals surface area contributed by atoms with Gasteiger partial charge in [0.25, 0.3) is 0 Å². The van der Waals surface area contributed by atoms with Crippen molar-refractivity contribution >= 4 is 17.6 Å². The number of aliphatic carboxylic acids is 1. The third kappa shape index (κ3) is 1.98. The molecule has 5 nitrogen and oxygen atoms in total. The summed E-state index contributed by atoms with van der Waals surface area (Å²) >= 11 is 6.05. The highest BCUT2D eigenvalue weighted by molar-refractivity contribution is 6.30. The Morgan fingerprint density at radius 2 is 2.33 bits per heavy atom. The molecule has 1 aromatic rings. The van der Waals surface area contributed by atoms with Gasteiger partial charge >= 0.3 is 5.97 Å². The summed E-state index contributed by atoms with van der Waals surface area (Å²) in [6.45, 7) is 2.41. The summed E-state index contributed by atoms with van der Waals surface area (Å²) in [6.07, 6.45) is -0.109. The molecule has 1 N–H and O–H groups in total. The van der Waals surface area contributed by atoms with Gasteiger partial charge in [0.15, 0.2) is 0 Å². The maximum atomic E-state index is 10.6. The van der Waals surface area contributed by atoms with Gasteiger partial charge in [0.2, 0.25) is 0 Å². The van der Waals surface area contributed by atoms with Crippen LogP contribution in [0, 0.1) is 0 Å². The third-order valence-corrected chi connectivity index (χ3v) is 2.91. The molecule has 0 aromatic carbocycles. The van der Waals surface area contributed by atoms with Crippen molar-refractivity contribution in [2.45, 2.75) is 19.5 Å². The number of carboxylic acid groups (broad SMARTS) is 1. The zero-order valence-corrected chi connectivity index (χ0v) is 9.16. The van der Waals surface area contributed by atoms with Gasteiger partial charge in [-0.1, -0.05) is 11.6 Å². The summed E-state index contributed by atoms with van der Waals surface area (Å²) < 4.78 is 1.89. The number of imidazole rings is 1. The van der Waals surface area contributed by atoms with E-state index in [0.29, 0.717) is 10.8 Å². The summed E-state index contributed by atoms with van der Waals surface area (Å²) in [6, 6.07) is 0. The summed E-state index contributed by atoms with van der Waals surface area (Å²) in [4.78, 5) is 17.0. The van der Waals surface area contributed by atoms with Crippen molar-refractivity contribution in [2.24, 2.45) is 0 Å². The fraction of sp³-hybridized carbons (Fsp3) is 0.556. The van der Waals surface area contributed by atoms with Gasteiger partial charge in [0, 0.05) is 13.1 Å². The summed E-state index contributed by atoms with van der Waals surface area (Å²) in [5, 5.41) is 9.16. The highest BCUT2D eigenvalue weighted by Gasteiger charge is 2.21. The van der Waals surface area contributed by atoms with Crippen LogP contribution in [0.3, 0.4) is 0 Å². The molecular formula is C9H12ClN3O2. The van der Waals surface area contributed by atoms with Crippen molar-refractivity contribution < 1.29 is 9.90 Å². The monoisotopic (exact) mass is 229 g/mol. The predicted octanol–water partition coefficient (Wildman–Crippen LogP) is 0.609. The highest BCUT2D eigenvalue weighted by Crippen LogP contribution is 2.22. The average Bonchev–Trinajstić information content (AvgIpc) is 2.42. The van der Waals surface area contributed by atoms with E-state index in [9.17, 15) is 4.79 Å². The second-order valence-electron chi connectivity index (χ2n) is 3.73. The SMILES string of the molecule is CN1CCn2c(nc(CC(=O)O)c2Cl)C1. The lowest BCUT2D eigenvalue weighted by molar-refractivity contribution is -0.136. The van der Waals surface area contributed by atoms with Gasteiger partial charge in [-0.2, -0.15) is 0 Å². The molecule has 2 heterocycles. The van der Waals surface area contributed by atoms with Gasteiger partial charge in [0.1, 0.15) is 11.0 Å². The van der Waals surface area contributed by atoms with E-state index in [0.717, 1.165) is 25.5 Å². The normalized spacial score (nSPS) is 16.4. The quantitative estimate of drug-likeness (QED) is 0.807. The molecule has 82 valence electrons. The molecule has 6 heteroatoms. The van der Waals surface area contributed by atoms with Crippen LogP contribution in [0.4, 0.5) is 0 Å². The van der Waals surface area contributed by atoms with Crippen molar-refractivity contribution in [2.75, 3.05) is 13.6 Å². The molecule has 0 spiro atoms. The maximum absolute atomic E-state index is 10.6. The van der Waals surface area contributed by atoms with Crippen LogP contribution in [0.15, 0.2) is 0 Å². The van der Waals surface area contributed by atoms with E-state index in [-0.39, 0.29) is 6.42 Å². The maximum Gasteiger partial charge on any atom is 0.309 e. The van der Waals surface area contributed by atoms with E-state index >= 15 is 0 Å². The molecule has 0 bridgehead atoms. The average molecular weight is 230 g/mol. The van der Waals surface area contributed by atoms with Gasteiger partial charge in [-0.05, 0) is 7.05 Å². The number of carbonyl (C=O) groups is 1. The van der Waals surface area contributed by atoms with Crippen LogP contribution in [-0.2, 0) is 24.3 Å². The first-order chi connectivity index (χ1) is 7.08. The van der Waals surface area contributed by atoms with Crippen LogP contribution in [0.1, 0.15) is 11.5 Å². The van der Waals surface area contributed by atoms with Crippen molar-refractivity contribution in [3.05, 3.63) is 16.7 Å². The molecule has 0 saturated carbocycles. The zero-order chi connectivity index (χ0) is 11.0. The Labute approximate surface area is 92.3 Å². The first kappa shape index (κ1) is 10.4. The molecule has 1 aliphatic heterocycles. The Hall–Kier alpha value is -1.07. The van der Waals surface area contributed by atoms with Crippen LogP contribution < -0.4 is 0 Å². The first-order valence-electron chi connectivity index (χ1n) is 4.72. The van der Waals surface area contributed by atoms with E-state index in [1.807, 2.05) is 11.6 Å². The zero-order valence-electron chi connectivity index (χ0n) is 8.40. The number of rotatable bonds is 2. The Bertz CT molecular complexity index is 402. The molecule has 1 aliphatic rings. The molecule has 1 aromatic heterocycles. The van der Waals surface area contributed by atoms with Gasteiger partial charge in [0.05, 0.1) is 18.7 Å². The van der Waals surface area contributed by atoms with Gasteiger partial charge < -0.3 is 9.67 Å². The van der Waals surface area contributed by atoms with Gasteiger partial charge in [-0.25, -0.2) is 4.98 Å². The van der Waals surface area contributed by atoms with Crippen LogP contribution in [0.25, 0.3) is 0 Å². The molecule has 0 radical (unpaired) electrons. The fourth-order valence-electron chi connectivity index (χ4n) is 1.73. The first-order valence-corrected chi connectivity index (χ1v) is 5.10. The lowest BCUT2D eigenvalue weighted by Crippen LogP contribution is -2.30. The number of hydrogen-bond acceptors (Lipinski definition) is 3. The number of aromatic nitrogens is 2. The lowest BCUT2D eigenvalue weighted by atomic mass is 10.3. The van der Waals surface area contributed by atoms with E-state index in [4.69, 9.17) is 16.7 Å². The van der Waals surface area contributed by atoms with Crippen LogP contribution in [-0.4, -0.2) is 39.1 Å². The summed E-state index contributed by atoms with van der Waals surface area (Å²) in [5.41, 5.74) is 0.467. The van der Waals surface area contributed by atoms with Crippen molar-refractivity contribution in [3.63, 3.8) is 0 Å². The Balaban J connectivity index is 2.32. The molecule has 0 fully saturated rings. The topological polar surface area (TPSA) is 58.4 Å². The minimum Gasteiger partial charge on any atom is -0.481 e. The van der Waals surface area contributed by atoms with Gasteiger partial charge in [-0.3, -0.25) is 9.69 Å². The third-order valence-electron chi connectivity index (χ3n) is 2.49. The molecule has 0 unspecified atom stereocenters. The smallest absolute Gasteiger partial charge is 0.309 e. The number of fused-ring (bicyclic) bond motifs is 1. The number of carboxylic acids is 1. The largest absolute Gasteiger partial charge is 0.481 e. The summed E-state index contributed by atoms with van der Waals surface area (Å²) in [7, 11) is 2.00. The number of hydrogen-bond donors (Lipinski definition) is 1. The van der Waals surface area contributed by atoms with E-state index in [1.54, 1.807) is 0 Å². The van der Waals surface area contributed by atoms with E-state index in [1.165, 1.54) is 0 Å². The molecule has 0 atom stereocenters. The molecule has 0 saturated heterocycles. The minimum absolute atomic E-state index is 0.109. The Morgan fingerprint density at radius 1 is 1.60 bits per heavy atom. The van der Waals surface area contributed by atoms with Gasteiger partial charge in [-0.15, -0.1) is 0 Å². The number of likely N-dealkylation sites (N-methyl/N-ethyl adjacent to an activating group) is 1. The second-order valence-corrected chi connectivity index (χ2v) is 4.08. The van der Waals surface area contributed by atoms with E-state index < -0.39 is 5.97 Å². The molecular weight excluding hydrogens is 218 g/mol. The molecule has 2 rings (SSSR count). The second kappa shape index (κ2) is 3.83. The molecule has 15 heavy (non-hydrogen) atoms. The Kier molecular flexibility index (Phi) is 2.67. The molecule has 0 amide bonds. The van der Waals surface area contributed by atoms with Crippen molar-refractivity contribution in [3.8, 4) is 0 Å². The van der Waals surface area contributed by atoms with Crippen LogP contribution in [0.5, 0.6) is 0 Å². The highest BCUT2D eigenvalue weighted by atomic mass is 35.5. The Morgan fingerprint density at radius 3 is 3.00 bits per heavy atom. The van der Waals surface area contributed by atoms with Crippen molar-refractivity contribution in [1.82, 2.24) is 14.5 Å². The minimum atomic E-state index is -0.902. The van der Waals surface area contributed by atoms with E-state index in [2.05, 4.69) is 9.88 Å². The lowest BCUT2D eigenvalue weighted by Gasteiger charge is -2.23. The molecule has 0 aliphatic carbocycles. The van der Waals surface area contributed by atoms with Crippen LogP contribution >= 0.6 is 11.6 Å².